The highest BCUT2D eigenvalue weighted by Crippen LogP contribution is 2.08. The van der Waals surface area contributed by atoms with E-state index in [1.807, 2.05) is 0 Å². The maximum Gasteiger partial charge on any atom is 0.328 e. The van der Waals surface area contributed by atoms with Crippen LogP contribution in [0, 0.1) is 0 Å². The number of aliphatic carboxylic acids is 1. The van der Waals surface area contributed by atoms with Gasteiger partial charge in [-0.3, -0.25) is 0 Å². The summed E-state index contributed by atoms with van der Waals surface area (Å²) in [5.41, 5.74) is 0. The third-order valence-corrected chi connectivity index (χ3v) is 1.64. The molecule has 0 spiro atoms. The molecule has 1 N–H and O–H groups in total. The average Bonchev–Trinajstić information content (AvgIpc) is 2.26. The van der Waals surface area contributed by atoms with Gasteiger partial charge < -0.3 is 9.67 Å². The van der Waals surface area contributed by atoms with E-state index in [4.69, 9.17) is 5.11 Å². The van der Waals surface area contributed by atoms with Gasteiger partial charge in [-0.1, -0.05) is 0 Å². The Balaban J connectivity index is 2.89. The molecule has 0 amide bonds. The molecule has 1 aromatic heterocycles. The van der Waals surface area contributed by atoms with Crippen LogP contribution in [-0.2, 0) is 11.8 Å². The first kappa shape index (κ1) is 8.99. The zero-order chi connectivity index (χ0) is 9.14. The fourth-order valence-electron chi connectivity index (χ4n) is 0.744. The van der Waals surface area contributed by atoms with Crippen molar-refractivity contribution in [3.63, 3.8) is 0 Å². The minimum atomic E-state index is -0.978. The maximum absolute atomic E-state index is 10.2. The van der Waals surface area contributed by atoms with Gasteiger partial charge in [0.2, 0.25) is 0 Å². The van der Waals surface area contributed by atoms with Crippen molar-refractivity contribution in [2.75, 3.05) is 0 Å². The van der Waals surface area contributed by atoms with Crippen molar-refractivity contribution in [3.8, 4) is 0 Å². The molecule has 0 radical (unpaired) electrons. The number of nitrogens with zero attached hydrogens (tertiary/aromatic N) is 2. The van der Waals surface area contributed by atoms with Crippen LogP contribution < -0.4 is 0 Å². The molecule has 0 saturated heterocycles. The van der Waals surface area contributed by atoms with Gasteiger partial charge in [-0.25, -0.2) is 9.78 Å². The van der Waals surface area contributed by atoms with Crippen LogP contribution in [0.3, 0.4) is 0 Å². The lowest BCUT2D eigenvalue weighted by Gasteiger charge is -1.90. The Kier molecular flexibility index (Phi) is 2.65. The highest BCUT2D eigenvalue weighted by Gasteiger charge is 1.98. The van der Waals surface area contributed by atoms with Gasteiger partial charge in [0.05, 0.1) is 0 Å². The number of carboxylic acid groups (broad SMARTS) is 1. The minimum absolute atomic E-state index is 0.601. The van der Waals surface area contributed by atoms with Crippen molar-refractivity contribution < 1.29 is 9.90 Å². The number of imidazole rings is 1. The van der Waals surface area contributed by atoms with Crippen molar-refractivity contribution in [1.29, 1.82) is 0 Å². The molecule has 4 nitrogen and oxygen atoms in total. The molecule has 0 unspecified atom stereocenters. The molecule has 12 heavy (non-hydrogen) atoms. The number of hydrogen-bond acceptors (Lipinski definition) is 2. The minimum Gasteiger partial charge on any atom is -0.478 e. The van der Waals surface area contributed by atoms with Crippen molar-refractivity contribution in [1.82, 2.24) is 9.55 Å². The Morgan fingerprint density at radius 3 is 2.92 bits per heavy atom. The van der Waals surface area contributed by atoms with Crippen LogP contribution in [0.1, 0.15) is 5.82 Å². The lowest BCUT2D eigenvalue weighted by molar-refractivity contribution is -0.131. The molecule has 1 aromatic rings. The molecule has 0 fully saturated rings. The standard InChI is InChI=1S/C7H7BrN2O2/c1-10-4-5(8)9-6(10)2-3-7(11)12/h2-4H,1H3,(H,11,12)/b3-2+. The van der Waals surface area contributed by atoms with E-state index in [1.54, 1.807) is 17.8 Å². The van der Waals surface area contributed by atoms with Crippen molar-refractivity contribution in [2.24, 2.45) is 7.05 Å². The predicted molar refractivity (Wildman–Crippen MR) is 47.6 cm³/mol. The molecule has 1 heterocycles. The number of aromatic nitrogens is 2. The second-order valence-corrected chi connectivity index (χ2v) is 3.02. The van der Waals surface area contributed by atoms with Crippen LogP contribution in [0.15, 0.2) is 16.9 Å². The SMILES string of the molecule is Cn1cc(Br)nc1/C=C/C(=O)O. The maximum atomic E-state index is 10.2. The van der Waals surface area contributed by atoms with Gasteiger partial charge in [0.25, 0.3) is 0 Å². The first-order valence-corrected chi connectivity index (χ1v) is 3.99. The summed E-state index contributed by atoms with van der Waals surface area (Å²) < 4.78 is 2.42. The predicted octanol–water partition coefficient (Wildman–Crippen LogP) is 1.28. The highest BCUT2D eigenvalue weighted by molar-refractivity contribution is 9.10. The van der Waals surface area contributed by atoms with E-state index in [0.29, 0.717) is 10.4 Å². The number of hydrogen-bond donors (Lipinski definition) is 1. The van der Waals surface area contributed by atoms with E-state index >= 15 is 0 Å². The molecule has 0 atom stereocenters. The van der Waals surface area contributed by atoms with Crippen LogP contribution >= 0.6 is 15.9 Å². The normalized spacial score (nSPS) is 10.8. The second kappa shape index (κ2) is 3.53. The van der Waals surface area contributed by atoms with E-state index in [1.165, 1.54) is 6.08 Å². The van der Waals surface area contributed by atoms with Crippen LogP contribution in [0.25, 0.3) is 6.08 Å². The molecule has 0 saturated carbocycles. The van der Waals surface area contributed by atoms with Crippen molar-refractivity contribution >= 4 is 28.0 Å². The average molecular weight is 231 g/mol. The summed E-state index contributed by atoms with van der Waals surface area (Å²) in [5.74, 6) is -0.376. The molecule has 0 bridgehead atoms. The summed E-state index contributed by atoms with van der Waals surface area (Å²) in [4.78, 5) is 14.2. The van der Waals surface area contributed by atoms with E-state index in [0.717, 1.165) is 6.08 Å². The number of aryl methyl sites for hydroxylation is 1. The Morgan fingerprint density at radius 2 is 2.50 bits per heavy atom. The van der Waals surface area contributed by atoms with Crippen LogP contribution in [0.4, 0.5) is 0 Å². The number of carbonyl (C=O) groups is 1. The lowest BCUT2D eigenvalue weighted by Crippen LogP contribution is -1.91. The number of halogens is 1. The molecular weight excluding hydrogens is 224 g/mol. The summed E-state index contributed by atoms with van der Waals surface area (Å²) in [5, 5.41) is 8.34. The summed E-state index contributed by atoms with van der Waals surface area (Å²) >= 11 is 3.18. The zero-order valence-corrected chi connectivity index (χ0v) is 7.95. The Hall–Kier alpha value is -1.10. The Bertz CT molecular complexity index is 330. The molecule has 0 aromatic carbocycles. The molecular formula is C7H7BrN2O2. The first-order chi connectivity index (χ1) is 5.59. The first-order valence-electron chi connectivity index (χ1n) is 3.19. The van der Waals surface area contributed by atoms with Crippen molar-refractivity contribution in [2.45, 2.75) is 0 Å². The topological polar surface area (TPSA) is 55.1 Å². The molecule has 0 aliphatic carbocycles. The van der Waals surface area contributed by atoms with Gasteiger partial charge >= 0.3 is 5.97 Å². The largest absolute Gasteiger partial charge is 0.478 e. The smallest absolute Gasteiger partial charge is 0.328 e. The molecule has 1 rings (SSSR count). The summed E-state index contributed by atoms with van der Waals surface area (Å²) in [6.07, 6.45) is 4.24. The van der Waals surface area contributed by atoms with E-state index in [-0.39, 0.29) is 0 Å². The molecule has 0 aliphatic heterocycles. The molecule has 0 aliphatic rings. The van der Waals surface area contributed by atoms with Gasteiger partial charge in [0.15, 0.2) is 0 Å². The van der Waals surface area contributed by atoms with Crippen LogP contribution in [0.2, 0.25) is 0 Å². The van der Waals surface area contributed by atoms with Crippen LogP contribution in [0.5, 0.6) is 0 Å². The Labute approximate surface area is 77.7 Å². The fraction of sp³-hybridized carbons (Fsp3) is 0.143. The Morgan fingerprint density at radius 1 is 1.83 bits per heavy atom. The highest BCUT2D eigenvalue weighted by atomic mass is 79.9. The van der Waals surface area contributed by atoms with E-state index in [2.05, 4.69) is 20.9 Å². The molecule has 5 heteroatoms. The third kappa shape index (κ3) is 2.20. The van der Waals surface area contributed by atoms with Gasteiger partial charge in [-0.15, -0.1) is 0 Å². The summed E-state index contributed by atoms with van der Waals surface area (Å²) in [6.45, 7) is 0. The number of carboxylic acids is 1. The summed E-state index contributed by atoms with van der Waals surface area (Å²) in [7, 11) is 1.79. The number of rotatable bonds is 2. The van der Waals surface area contributed by atoms with E-state index < -0.39 is 5.97 Å². The van der Waals surface area contributed by atoms with E-state index in [9.17, 15) is 4.79 Å². The summed E-state index contributed by atoms with van der Waals surface area (Å²) in [6, 6.07) is 0. The monoisotopic (exact) mass is 230 g/mol. The van der Waals surface area contributed by atoms with Gasteiger partial charge in [0, 0.05) is 19.3 Å². The molecule has 64 valence electrons. The second-order valence-electron chi connectivity index (χ2n) is 2.20. The fourth-order valence-corrected chi connectivity index (χ4v) is 1.23. The van der Waals surface area contributed by atoms with Crippen molar-refractivity contribution in [3.05, 3.63) is 22.7 Å². The van der Waals surface area contributed by atoms with Crippen LogP contribution in [-0.4, -0.2) is 20.6 Å². The lowest BCUT2D eigenvalue weighted by atomic mass is 10.5. The van der Waals surface area contributed by atoms with Gasteiger partial charge in [-0.05, 0) is 22.0 Å². The van der Waals surface area contributed by atoms with Gasteiger partial charge in [0.1, 0.15) is 10.4 Å². The van der Waals surface area contributed by atoms with Gasteiger partial charge in [-0.2, -0.15) is 0 Å². The third-order valence-electron chi connectivity index (χ3n) is 1.26. The zero-order valence-electron chi connectivity index (χ0n) is 6.36. The quantitative estimate of drug-likeness (QED) is 0.780.